The van der Waals surface area contributed by atoms with Gasteiger partial charge in [-0.25, -0.2) is 4.98 Å². The average Bonchev–Trinajstić information content (AvgIpc) is 3.28. The fraction of sp³-hybridized carbons (Fsp3) is 0.476. The number of nitrogen functional groups attached to an aromatic ring is 1. The van der Waals surface area contributed by atoms with Crippen LogP contribution in [0.5, 0.6) is 0 Å². The van der Waals surface area contributed by atoms with Gasteiger partial charge in [0.1, 0.15) is 11.8 Å². The van der Waals surface area contributed by atoms with Crippen molar-refractivity contribution in [3.8, 4) is 0 Å². The van der Waals surface area contributed by atoms with Crippen molar-refractivity contribution in [1.82, 2.24) is 20.1 Å². The Hall–Kier alpha value is -2.72. The molecule has 0 saturated carbocycles. The lowest BCUT2D eigenvalue weighted by Crippen LogP contribution is -2.35. The van der Waals surface area contributed by atoms with Crippen molar-refractivity contribution in [2.24, 2.45) is 17.1 Å². The highest BCUT2D eigenvalue weighted by Gasteiger charge is 2.38. The largest absolute Gasteiger partial charge is 0.384 e. The molecule has 1 aliphatic heterocycles. The zero-order valence-electron chi connectivity index (χ0n) is 18.1. The van der Waals surface area contributed by atoms with Crippen LogP contribution in [0, 0.1) is 16.7 Å². The lowest BCUT2D eigenvalue weighted by molar-refractivity contribution is -0.120. The Bertz CT molecular complexity index is 986. The van der Waals surface area contributed by atoms with E-state index in [1.54, 1.807) is 33.1 Å². The maximum atomic E-state index is 13.2. The molecule has 0 spiro atoms. The number of carbonyl (C=O) groups excluding carboxylic acids is 2. The number of benzene rings is 1. The zero-order valence-corrected chi connectivity index (χ0v) is 19.0. The van der Waals surface area contributed by atoms with Gasteiger partial charge in [0.2, 0.25) is 5.91 Å². The number of amides is 1. The van der Waals surface area contributed by atoms with Gasteiger partial charge in [-0.3, -0.25) is 15.0 Å². The molecule has 31 heavy (non-hydrogen) atoms. The monoisotopic (exact) mass is 444 g/mol. The second-order valence-electron chi connectivity index (χ2n) is 8.39. The van der Waals surface area contributed by atoms with Crippen LogP contribution >= 0.6 is 11.8 Å². The Balaban J connectivity index is 1.90. The van der Waals surface area contributed by atoms with Gasteiger partial charge in [-0.05, 0) is 25.3 Å². The van der Waals surface area contributed by atoms with Crippen molar-refractivity contribution < 1.29 is 14.3 Å². The predicted octanol–water partition coefficient (Wildman–Crippen LogP) is 2.02. The molecule has 166 valence electrons. The first-order valence-corrected chi connectivity index (χ1v) is 11.0. The molecule has 0 aliphatic carbocycles. The van der Waals surface area contributed by atoms with Gasteiger partial charge in [0, 0.05) is 25.0 Å². The smallest absolute Gasteiger partial charge is 0.257 e. The number of thioether (sulfide) groups is 1. The normalized spacial score (nSPS) is 18.8. The molecule has 1 saturated heterocycles. The lowest BCUT2D eigenvalue weighted by atomic mass is 9.94. The quantitative estimate of drug-likeness (QED) is 0.322. The second kappa shape index (κ2) is 9.19. The van der Waals surface area contributed by atoms with Crippen LogP contribution in [0.2, 0.25) is 0 Å². The molecule has 4 N–H and O–H groups in total. The summed E-state index contributed by atoms with van der Waals surface area (Å²) in [5, 5.41) is 15.2. The van der Waals surface area contributed by atoms with E-state index in [2.05, 4.69) is 15.4 Å². The highest BCUT2D eigenvalue weighted by molar-refractivity contribution is 7.98. The summed E-state index contributed by atoms with van der Waals surface area (Å²) in [4.78, 5) is 30.1. The molecule has 0 radical (unpaired) electrons. The molecule has 10 heteroatoms. The molecule has 1 fully saturated rings. The Labute approximate surface area is 185 Å². The number of amidine groups is 1. The highest BCUT2D eigenvalue weighted by atomic mass is 32.2. The summed E-state index contributed by atoms with van der Waals surface area (Å²) in [7, 11) is 1.55. The number of nitrogens with two attached hydrogens (primary N) is 1. The molecule has 1 aliphatic rings. The molecule has 2 aromatic rings. The van der Waals surface area contributed by atoms with Crippen molar-refractivity contribution in [2.75, 3.05) is 20.3 Å². The molecule has 1 aromatic heterocycles. The molecule has 2 atom stereocenters. The Morgan fingerprint density at radius 3 is 2.61 bits per heavy atom. The van der Waals surface area contributed by atoms with Gasteiger partial charge in [-0.1, -0.05) is 43.0 Å². The van der Waals surface area contributed by atoms with E-state index in [1.165, 1.54) is 16.4 Å². The number of ether oxygens (including phenoxy) is 1. The molecule has 1 amide bonds. The molecule has 3 rings (SSSR count). The summed E-state index contributed by atoms with van der Waals surface area (Å²) in [6, 6.07) is 7.33. The van der Waals surface area contributed by atoms with E-state index in [0.29, 0.717) is 28.8 Å². The molecule has 1 aromatic carbocycles. The first kappa shape index (κ1) is 23.0. The number of methoxy groups -OCH3 is 1. The number of carbonyl (C=O) groups is 2. The van der Waals surface area contributed by atoms with Crippen molar-refractivity contribution in [1.29, 1.82) is 5.41 Å². The summed E-state index contributed by atoms with van der Waals surface area (Å²) in [5.74, 6) is 0.118. The number of hydrogen-bond acceptors (Lipinski definition) is 7. The topological polar surface area (TPSA) is 136 Å². The molecular formula is C21H28N6O3S. The number of nitrogens with one attached hydrogen (secondary N) is 2. The van der Waals surface area contributed by atoms with E-state index in [-0.39, 0.29) is 30.2 Å². The number of aromatic nitrogens is 3. The van der Waals surface area contributed by atoms with Gasteiger partial charge in [0.05, 0.1) is 12.0 Å². The van der Waals surface area contributed by atoms with E-state index in [0.717, 1.165) is 5.56 Å². The van der Waals surface area contributed by atoms with Crippen LogP contribution in [0.15, 0.2) is 29.4 Å². The molecule has 2 unspecified atom stereocenters. The zero-order chi connectivity index (χ0) is 22.8. The van der Waals surface area contributed by atoms with Gasteiger partial charge in [0.25, 0.3) is 5.91 Å². The summed E-state index contributed by atoms with van der Waals surface area (Å²) in [5.41, 5.74) is 6.34. The van der Waals surface area contributed by atoms with Gasteiger partial charge < -0.3 is 15.8 Å². The fourth-order valence-corrected chi connectivity index (χ4v) is 4.32. The minimum atomic E-state index is -0.804. The molecule has 0 bridgehead atoms. The van der Waals surface area contributed by atoms with E-state index in [1.807, 2.05) is 19.1 Å². The molecule has 2 heterocycles. The van der Waals surface area contributed by atoms with Crippen LogP contribution in [-0.2, 0) is 15.3 Å². The Morgan fingerprint density at radius 1 is 1.39 bits per heavy atom. The van der Waals surface area contributed by atoms with E-state index >= 15 is 0 Å². The maximum absolute atomic E-state index is 13.2. The summed E-state index contributed by atoms with van der Waals surface area (Å²) >= 11 is 1.37. The van der Waals surface area contributed by atoms with E-state index in [4.69, 9.17) is 15.9 Å². The first-order valence-electron chi connectivity index (χ1n) is 9.98. The van der Waals surface area contributed by atoms with Gasteiger partial charge >= 0.3 is 0 Å². The van der Waals surface area contributed by atoms with Crippen LogP contribution in [0.25, 0.3) is 0 Å². The van der Waals surface area contributed by atoms with E-state index < -0.39 is 11.3 Å². The summed E-state index contributed by atoms with van der Waals surface area (Å²) in [6.45, 7) is 6.34. The third-order valence-corrected chi connectivity index (χ3v) is 6.23. The Kier molecular flexibility index (Phi) is 6.80. The van der Waals surface area contributed by atoms with Crippen LogP contribution in [-0.4, -0.2) is 52.7 Å². The SMILES string of the molecule is COCC(C)(C)C(=O)n1nc(C2C(=O)NCC2C)nc1SCc1ccc(C(=N)N)cc1. The minimum Gasteiger partial charge on any atom is -0.384 e. The van der Waals surface area contributed by atoms with E-state index in [9.17, 15) is 9.59 Å². The van der Waals surface area contributed by atoms with Crippen molar-refractivity contribution in [2.45, 2.75) is 37.6 Å². The molecular weight excluding hydrogens is 416 g/mol. The average molecular weight is 445 g/mol. The van der Waals surface area contributed by atoms with Crippen molar-refractivity contribution >= 4 is 29.4 Å². The maximum Gasteiger partial charge on any atom is 0.257 e. The van der Waals surface area contributed by atoms with Crippen LogP contribution < -0.4 is 11.1 Å². The number of rotatable bonds is 8. The number of hydrogen-bond donors (Lipinski definition) is 3. The van der Waals surface area contributed by atoms with Crippen LogP contribution in [0.4, 0.5) is 0 Å². The predicted molar refractivity (Wildman–Crippen MR) is 118 cm³/mol. The van der Waals surface area contributed by atoms with Gasteiger partial charge in [-0.15, -0.1) is 5.10 Å². The second-order valence-corrected chi connectivity index (χ2v) is 9.33. The summed E-state index contributed by atoms with van der Waals surface area (Å²) in [6.07, 6.45) is 0. The Morgan fingerprint density at radius 2 is 2.06 bits per heavy atom. The summed E-state index contributed by atoms with van der Waals surface area (Å²) < 4.78 is 6.52. The lowest BCUT2D eigenvalue weighted by Gasteiger charge is -2.21. The van der Waals surface area contributed by atoms with Crippen LogP contribution in [0.1, 0.15) is 48.4 Å². The minimum absolute atomic E-state index is 0.0125. The fourth-order valence-electron chi connectivity index (χ4n) is 3.43. The molecule has 9 nitrogen and oxygen atoms in total. The van der Waals surface area contributed by atoms with Gasteiger partial charge in [-0.2, -0.15) is 4.68 Å². The number of nitrogens with zero attached hydrogens (tertiary/aromatic N) is 3. The van der Waals surface area contributed by atoms with Crippen molar-refractivity contribution in [3.05, 3.63) is 41.2 Å². The third kappa shape index (κ3) is 4.96. The van der Waals surface area contributed by atoms with Crippen LogP contribution in [0.3, 0.4) is 0 Å². The highest BCUT2D eigenvalue weighted by Crippen LogP contribution is 2.31. The standard InChI is InChI=1S/C21H28N6O3S/c1-12-9-24-18(28)15(12)17-25-20(27(26-17)19(29)21(2,3)11-30-4)31-10-13-5-7-14(8-6-13)16(22)23/h5-8,12,15H,9-11H2,1-4H3,(H3,22,23)(H,24,28). The van der Waals surface area contributed by atoms with Gasteiger partial charge in [0.15, 0.2) is 11.0 Å². The third-order valence-electron chi connectivity index (χ3n) is 5.23. The van der Waals surface area contributed by atoms with Crippen molar-refractivity contribution in [3.63, 3.8) is 0 Å². The first-order chi connectivity index (χ1) is 14.6.